The van der Waals surface area contributed by atoms with Crippen LogP contribution >= 0.6 is 11.6 Å². The van der Waals surface area contributed by atoms with Gasteiger partial charge in [0.2, 0.25) is 10.0 Å². The van der Waals surface area contributed by atoms with E-state index in [-0.39, 0.29) is 4.90 Å². The van der Waals surface area contributed by atoms with Crippen LogP contribution < -0.4 is 0 Å². The largest absolute Gasteiger partial charge is 0.358 e. The third kappa shape index (κ3) is 2.94. The molecule has 0 saturated carbocycles. The molecule has 1 N–H and O–H groups in total. The number of aromatic amines is 1. The molecule has 0 spiro atoms. The van der Waals surface area contributed by atoms with E-state index in [0.29, 0.717) is 30.5 Å². The van der Waals surface area contributed by atoms with Crippen molar-refractivity contribution in [3.05, 3.63) is 64.3 Å². The Morgan fingerprint density at radius 2 is 1.85 bits per heavy atom. The number of nitrogens with zero attached hydrogens (tertiary/aromatic N) is 1. The molecule has 0 aliphatic carbocycles. The summed E-state index contributed by atoms with van der Waals surface area (Å²) in [5.41, 5.74) is 4.57. The van der Waals surface area contributed by atoms with Crippen LogP contribution in [0.4, 0.5) is 0 Å². The van der Waals surface area contributed by atoms with Gasteiger partial charge in [0.25, 0.3) is 0 Å². The molecular weight excluding hydrogens is 368 g/mol. The van der Waals surface area contributed by atoms with Crippen LogP contribution in [0.3, 0.4) is 0 Å². The highest BCUT2D eigenvalue weighted by atomic mass is 35.5. The Labute approximate surface area is 158 Å². The van der Waals surface area contributed by atoms with Gasteiger partial charge < -0.3 is 4.98 Å². The second-order valence-electron chi connectivity index (χ2n) is 7.08. The van der Waals surface area contributed by atoms with Gasteiger partial charge in [-0.15, -0.1) is 0 Å². The van der Waals surface area contributed by atoms with E-state index in [1.54, 1.807) is 28.6 Å². The maximum absolute atomic E-state index is 13.0. The van der Waals surface area contributed by atoms with E-state index in [4.69, 9.17) is 11.6 Å². The predicted octanol–water partition coefficient (Wildman–Crippen LogP) is 4.69. The molecule has 4 rings (SSSR count). The van der Waals surface area contributed by atoms with Crippen LogP contribution in [0.25, 0.3) is 10.9 Å². The second-order valence-corrected chi connectivity index (χ2v) is 9.46. The first-order valence-corrected chi connectivity index (χ1v) is 10.6. The lowest BCUT2D eigenvalue weighted by molar-refractivity contribution is 0.391. The van der Waals surface area contributed by atoms with E-state index >= 15 is 0 Å². The van der Waals surface area contributed by atoms with Crippen LogP contribution in [0, 0.1) is 0 Å². The maximum Gasteiger partial charge on any atom is 0.243 e. The Morgan fingerprint density at radius 3 is 2.54 bits per heavy atom. The number of halogens is 1. The first-order valence-electron chi connectivity index (χ1n) is 8.75. The van der Waals surface area contributed by atoms with Gasteiger partial charge in [-0.25, -0.2) is 8.42 Å². The van der Waals surface area contributed by atoms with E-state index < -0.39 is 10.0 Å². The molecule has 136 valence electrons. The molecule has 0 bridgehead atoms. The van der Waals surface area contributed by atoms with Crippen molar-refractivity contribution in [2.24, 2.45) is 0 Å². The lowest BCUT2D eigenvalue weighted by atomic mass is 9.99. The topological polar surface area (TPSA) is 53.2 Å². The van der Waals surface area contributed by atoms with Crippen molar-refractivity contribution in [1.29, 1.82) is 0 Å². The molecule has 1 aliphatic heterocycles. The molecule has 2 heterocycles. The molecule has 0 radical (unpaired) electrons. The zero-order valence-electron chi connectivity index (χ0n) is 14.8. The fraction of sp³-hybridized carbons (Fsp3) is 0.300. The van der Waals surface area contributed by atoms with Crippen molar-refractivity contribution in [1.82, 2.24) is 9.29 Å². The second kappa shape index (κ2) is 6.41. The van der Waals surface area contributed by atoms with E-state index in [1.807, 2.05) is 0 Å². The molecule has 26 heavy (non-hydrogen) atoms. The minimum absolute atomic E-state index is 0.285. The summed E-state index contributed by atoms with van der Waals surface area (Å²) in [7, 11) is -3.53. The van der Waals surface area contributed by atoms with E-state index in [0.717, 1.165) is 22.2 Å². The number of H-pyrrole nitrogens is 1. The van der Waals surface area contributed by atoms with Crippen molar-refractivity contribution in [2.45, 2.75) is 37.6 Å². The first-order chi connectivity index (χ1) is 12.4. The van der Waals surface area contributed by atoms with Crippen molar-refractivity contribution in [3.8, 4) is 0 Å². The minimum atomic E-state index is -3.53. The zero-order valence-corrected chi connectivity index (χ0v) is 16.4. The Morgan fingerprint density at radius 1 is 1.12 bits per heavy atom. The molecule has 4 nitrogen and oxygen atoms in total. The standard InChI is InChI=1S/C20H21ClN2O2S/c1-13(2)14-3-8-19-17(11-14)18-12-23(10-9-20(18)22-19)26(24,25)16-6-4-15(21)5-7-16/h3-8,11,13,22H,9-10,12H2,1-2H3. The number of nitrogens with one attached hydrogen (secondary N) is 1. The normalized spacial score (nSPS) is 15.5. The van der Waals surface area contributed by atoms with Crippen LogP contribution in [-0.4, -0.2) is 24.3 Å². The minimum Gasteiger partial charge on any atom is -0.358 e. The number of hydrogen-bond donors (Lipinski definition) is 1. The lowest BCUT2D eigenvalue weighted by Gasteiger charge is -2.26. The fourth-order valence-electron chi connectivity index (χ4n) is 3.53. The molecule has 6 heteroatoms. The van der Waals surface area contributed by atoms with Crippen LogP contribution in [0.2, 0.25) is 5.02 Å². The third-order valence-corrected chi connectivity index (χ3v) is 7.19. The van der Waals surface area contributed by atoms with E-state index in [2.05, 4.69) is 37.0 Å². The number of sulfonamides is 1. The van der Waals surface area contributed by atoms with Crippen molar-refractivity contribution >= 4 is 32.5 Å². The fourth-order valence-corrected chi connectivity index (χ4v) is 5.06. The average Bonchev–Trinajstić information content (AvgIpc) is 2.99. The zero-order chi connectivity index (χ0) is 18.5. The van der Waals surface area contributed by atoms with Crippen molar-refractivity contribution < 1.29 is 8.42 Å². The van der Waals surface area contributed by atoms with Gasteiger partial charge in [0, 0.05) is 41.1 Å². The highest BCUT2D eigenvalue weighted by Crippen LogP contribution is 2.32. The van der Waals surface area contributed by atoms with Crippen LogP contribution in [0.1, 0.15) is 36.6 Å². The lowest BCUT2D eigenvalue weighted by Crippen LogP contribution is -2.35. The van der Waals surface area contributed by atoms with Crippen molar-refractivity contribution in [3.63, 3.8) is 0 Å². The monoisotopic (exact) mass is 388 g/mol. The quantitative estimate of drug-likeness (QED) is 0.707. The highest BCUT2D eigenvalue weighted by molar-refractivity contribution is 7.89. The van der Waals surface area contributed by atoms with Gasteiger partial charge in [-0.1, -0.05) is 31.5 Å². The van der Waals surface area contributed by atoms with Crippen molar-refractivity contribution in [2.75, 3.05) is 6.54 Å². The predicted molar refractivity (Wildman–Crippen MR) is 105 cm³/mol. The third-order valence-electron chi connectivity index (χ3n) is 5.08. The van der Waals surface area contributed by atoms with Gasteiger partial charge in [-0.3, -0.25) is 0 Å². The number of aromatic nitrogens is 1. The summed E-state index contributed by atoms with van der Waals surface area (Å²) in [4.78, 5) is 3.75. The van der Waals surface area contributed by atoms with Crippen LogP contribution in [0.15, 0.2) is 47.4 Å². The molecule has 3 aromatic rings. The Kier molecular flexibility index (Phi) is 4.34. The molecular formula is C20H21ClN2O2S. The molecule has 1 aromatic heterocycles. The maximum atomic E-state index is 13.0. The molecule has 2 aromatic carbocycles. The smallest absolute Gasteiger partial charge is 0.243 e. The SMILES string of the molecule is CC(C)c1ccc2[nH]c3c(c2c1)CN(S(=O)(=O)c1ccc(Cl)cc1)CC3. The van der Waals surface area contributed by atoms with Gasteiger partial charge in [-0.2, -0.15) is 4.31 Å². The van der Waals surface area contributed by atoms with Crippen LogP contribution in [-0.2, 0) is 23.0 Å². The Hall–Kier alpha value is -1.82. The molecule has 0 saturated heterocycles. The summed E-state index contributed by atoms with van der Waals surface area (Å²) in [5, 5.41) is 1.66. The molecule has 0 amide bonds. The number of hydrogen-bond acceptors (Lipinski definition) is 2. The number of benzene rings is 2. The summed E-state index contributed by atoms with van der Waals surface area (Å²) in [5.74, 6) is 0.433. The van der Waals surface area contributed by atoms with Gasteiger partial charge in [0.05, 0.1) is 4.90 Å². The molecule has 0 fully saturated rings. The van der Waals surface area contributed by atoms with Gasteiger partial charge >= 0.3 is 0 Å². The molecule has 1 aliphatic rings. The van der Waals surface area contributed by atoms with Gasteiger partial charge in [0.1, 0.15) is 0 Å². The summed E-state index contributed by atoms with van der Waals surface area (Å²) in [6.45, 7) is 5.19. The number of fused-ring (bicyclic) bond motifs is 3. The van der Waals surface area contributed by atoms with Crippen LogP contribution in [0.5, 0.6) is 0 Å². The Balaban J connectivity index is 1.73. The summed E-state index contributed by atoms with van der Waals surface area (Å²) in [6.07, 6.45) is 0.688. The Bertz CT molecular complexity index is 1070. The highest BCUT2D eigenvalue weighted by Gasteiger charge is 2.30. The molecule has 0 atom stereocenters. The number of rotatable bonds is 3. The van der Waals surface area contributed by atoms with Gasteiger partial charge in [-0.05, 0) is 53.4 Å². The van der Waals surface area contributed by atoms with E-state index in [1.165, 1.54) is 5.56 Å². The summed E-state index contributed by atoms with van der Waals surface area (Å²) in [6, 6.07) is 12.8. The van der Waals surface area contributed by atoms with Gasteiger partial charge in [0.15, 0.2) is 0 Å². The summed E-state index contributed by atoms with van der Waals surface area (Å²) >= 11 is 5.89. The van der Waals surface area contributed by atoms with E-state index in [9.17, 15) is 8.42 Å². The average molecular weight is 389 g/mol. The molecule has 0 unspecified atom stereocenters. The first kappa shape index (κ1) is 17.6. The summed E-state index contributed by atoms with van der Waals surface area (Å²) < 4.78 is 27.6.